The number of ether oxygens (including phenoxy) is 3. The highest BCUT2D eigenvalue weighted by Crippen LogP contribution is 2.29. The van der Waals surface area contributed by atoms with Gasteiger partial charge in [0, 0.05) is 12.5 Å². The molecule has 0 saturated carbocycles. The Balaban J connectivity index is 1.37. The van der Waals surface area contributed by atoms with Gasteiger partial charge in [0.2, 0.25) is 0 Å². The van der Waals surface area contributed by atoms with Crippen molar-refractivity contribution in [3.63, 3.8) is 0 Å². The zero-order chi connectivity index (χ0) is 21.3. The van der Waals surface area contributed by atoms with E-state index in [1.807, 2.05) is 48.5 Å². The maximum absolute atomic E-state index is 11.0. The van der Waals surface area contributed by atoms with Crippen molar-refractivity contribution in [2.24, 2.45) is 0 Å². The summed E-state index contributed by atoms with van der Waals surface area (Å²) >= 11 is 0. The topological polar surface area (TPSA) is 88.5 Å². The Morgan fingerprint density at radius 1 is 1.10 bits per heavy atom. The summed E-state index contributed by atoms with van der Waals surface area (Å²) in [7, 11) is 1.67. The number of carboxylic acid groups (broad SMARTS) is 1. The first kappa shape index (κ1) is 21.9. The molecule has 1 aliphatic rings. The third-order valence-corrected chi connectivity index (χ3v) is 5.37. The van der Waals surface area contributed by atoms with Crippen LogP contribution in [0.1, 0.15) is 23.5 Å². The number of piperidine rings is 1. The zero-order valence-corrected chi connectivity index (χ0v) is 17.2. The minimum Gasteiger partial charge on any atom is -0.496 e. The Hall–Kier alpha value is -2.77. The molecule has 7 nitrogen and oxygen atoms in total. The minimum absolute atomic E-state index is 0.0621. The Morgan fingerprint density at radius 3 is 2.57 bits per heavy atom. The Bertz CT molecular complexity index is 810. The standard InChI is InChI=1S/C23H29NO6/c1-28-22-5-3-2-4-18(22)11-13-29-14-15-30-19-8-6-17(7-9-19)20-10-12-24(23(26)27)16-21(20)25/h2-9,20-21,25H,10-16H2,1H3,(H,26,27). The number of amides is 1. The summed E-state index contributed by atoms with van der Waals surface area (Å²) in [5.41, 5.74) is 2.11. The normalized spacial score (nSPS) is 18.8. The summed E-state index contributed by atoms with van der Waals surface area (Å²) in [5.74, 6) is 1.55. The van der Waals surface area contributed by atoms with E-state index in [0.29, 0.717) is 32.8 Å². The van der Waals surface area contributed by atoms with E-state index in [-0.39, 0.29) is 12.5 Å². The van der Waals surface area contributed by atoms with Crippen LogP contribution >= 0.6 is 0 Å². The first-order valence-corrected chi connectivity index (χ1v) is 10.2. The Labute approximate surface area is 176 Å². The van der Waals surface area contributed by atoms with E-state index in [1.165, 1.54) is 4.90 Å². The van der Waals surface area contributed by atoms with Crippen LogP contribution in [0, 0.1) is 0 Å². The largest absolute Gasteiger partial charge is 0.496 e. The van der Waals surface area contributed by atoms with Gasteiger partial charge in [-0.2, -0.15) is 0 Å². The average Bonchev–Trinajstić information content (AvgIpc) is 2.76. The number of benzene rings is 2. The number of aliphatic hydroxyl groups is 1. The van der Waals surface area contributed by atoms with Crippen LogP contribution in [0.5, 0.6) is 11.5 Å². The van der Waals surface area contributed by atoms with Gasteiger partial charge in [-0.05, 0) is 42.2 Å². The fraction of sp³-hybridized carbons (Fsp3) is 0.435. The van der Waals surface area contributed by atoms with Crippen LogP contribution in [0.15, 0.2) is 48.5 Å². The number of methoxy groups -OCH3 is 1. The van der Waals surface area contributed by atoms with Gasteiger partial charge in [-0.3, -0.25) is 0 Å². The van der Waals surface area contributed by atoms with Gasteiger partial charge in [0.25, 0.3) is 0 Å². The van der Waals surface area contributed by atoms with Gasteiger partial charge in [-0.1, -0.05) is 30.3 Å². The second kappa shape index (κ2) is 10.8. The van der Waals surface area contributed by atoms with Crippen LogP contribution in [0.4, 0.5) is 4.79 Å². The lowest BCUT2D eigenvalue weighted by Crippen LogP contribution is -2.45. The summed E-state index contributed by atoms with van der Waals surface area (Å²) in [5, 5.41) is 19.3. The van der Waals surface area contributed by atoms with Gasteiger partial charge < -0.3 is 29.3 Å². The van der Waals surface area contributed by atoms with Crippen molar-refractivity contribution in [2.45, 2.75) is 24.9 Å². The number of para-hydroxylation sites is 1. The molecular weight excluding hydrogens is 386 g/mol. The highest BCUT2D eigenvalue weighted by Gasteiger charge is 2.30. The van der Waals surface area contributed by atoms with E-state index in [4.69, 9.17) is 19.3 Å². The number of nitrogens with zero attached hydrogens (tertiary/aromatic N) is 1. The van der Waals surface area contributed by atoms with E-state index in [2.05, 4.69) is 0 Å². The maximum Gasteiger partial charge on any atom is 0.407 e. The highest BCUT2D eigenvalue weighted by molar-refractivity contribution is 5.65. The molecule has 2 aromatic carbocycles. The van der Waals surface area contributed by atoms with E-state index in [0.717, 1.165) is 29.0 Å². The monoisotopic (exact) mass is 415 g/mol. The van der Waals surface area contributed by atoms with Crippen LogP contribution in [-0.4, -0.2) is 67.3 Å². The van der Waals surface area contributed by atoms with Crippen LogP contribution in [0.25, 0.3) is 0 Å². The van der Waals surface area contributed by atoms with E-state index in [1.54, 1.807) is 7.11 Å². The molecule has 0 aliphatic carbocycles. The average molecular weight is 415 g/mol. The number of carbonyl (C=O) groups is 1. The summed E-state index contributed by atoms with van der Waals surface area (Å²) in [6, 6.07) is 15.5. The second-order valence-corrected chi connectivity index (χ2v) is 7.28. The molecule has 1 aliphatic heterocycles. The lowest BCUT2D eigenvalue weighted by Gasteiger charge is -2.34. The third kappa shape index (κ3) is 5.87. The number of hydrogen-bond acceptors (Lipinski definition) is 5. The highest BCUT2D eigenvalue weighted by atomic mass is 16.5. The molecule has 2 aromatic rings. The molecule has 0 bridgehead atoms. The molecule has 3 rings (SSSR count). The molecule has 2 atom stereocenters. The Kier molecular flexibility index (Phi) is 7.93. The van der Waals surface area contributed by atoms with Gasteiger partial charge in [0.05, 0.1) is 33.0 Å². The fourth-order valence-corrected chi connectivity index (χ4v) is 3.72. The summed E-state index contributed by atoms with van der Waals surface area (Å²) in [6.45, 7) is 2.11. The molecule has 0 aromatic heterocycles. The second-order valence-electron chi connectivity index (χ2n) is 7.28. The lowest BCUT2D eigenvalue weighted by atomic mass is 9.87. The van der Waals surface area contributed by atoms with Crippen molar-refractivity contribution in [3.8, 4) is 11.5 Å². The predicted octanol–water partition coefficient (Wildman–Crippen LogP) is 3.16. The third-order valence-electron chi connectivity index (χ3n) is 5.37. The number of rotatable bonds is 9. The van der Waals surface area contributed by atoms with Gasteiger partial charge >= 0.3 is 6.09 Å². The van der Waals surface area contributed by atoms with Crippen LogP contribution in [0.3, 0.4) is 0 Å². The Morgan fingerprint density at radius 2 is 1.87 bits per heavy atom. The van der Waals surface area contributed by atoms with Crippen molar-refractivity contribution in [2.75, 3.05) is 40.0 Å². The molecule has 1 fully saturated rings. The van der Waals surface area contributed by atoms with Gasteiger partial charge in [0.1, 0.15) is 18.1 Å². The number of hydrogen-bond donors (Lipinski definition) is 2. The van der Waals surface area contributed by atoms with Gasteiger partial charge in [-0.15, -0.1) is 0 Å². The first-order valence-electron chi connectivity index (χ1n) is 10.2. The van der Waals surface area contributed by atoms with Gasteiger partial charge in [-0.25, -0.2) is 4.79 Å². The molecule has 162 valence electrons. The lowest BCUT2D eigenvalue weighted by molar-refractivity contribution is 0.0504. The molecule has 1 heterocycles. The smallest absolute Gasteiger partial charge is 0.407 e. The molecule has 2 unspecified atom stereocenters. The first-order chi connectivity index (χ1) is 14.6. The number of aliphatic hydroxyl groups excluding tert-OH is 1. The van der Waals surface area contributed by atoms with E-state index >= 15 is 0 Å². The van der Waals surface area contributed by atoms with E-state index < -0.39 is 12.2 Å². The molecule has 1 amide bonds. The zero-order valence-electron chi connectivity index (χ0n) is 17.2. The summed E-state index contributed by atoms with van der Waals surface area (Å²) in [4.78, 5) is 12.3. The maximum atomic E-state index is 11.0. The fourth-order valence-electron chi connectivity index (χ4n) is 3.72. The molecule has 30 heavy (non-hydrogen) atoms. The van der Waals surface area contributed by atoms with Crippen molar-refractivity contribution in [3.05, 3.63) is 59.7 Å². The summed E-state index contributed by atoms with van der Waals surface area (Å²) < 4.78 is 16.7. The minimum atomic E-state index is -0.985. The number of β-amino-alcohol motifs (C(OH)–C–C–N with tert-alkyl or cyclic N) is 1. The molecular formula is C23H29NO6. The van der Waals surface area contributed by atoms with Crippen molar-refractivity contribution in [1.29, 1.82) is 0 Å². The predicted molar refractivity (Wildman–Crippen MR) is 112 cm³/mol. The summed E-state index contributed by atoms with van der Waals surface area (Å²) in [6.07, 6.45) is -0.297. The molecule has 0 radical (unpaired) electrons. The molecule has 1 saturated heterocycles. The molecule has 0 spiro atoms. The van der Waals surface area contributed by atoms with Crippen LogP contribution in [-0.2, 0) is 11.2 Å². The van der Waals surface area contributed by atoms with Crippen LogP contribution in [0.2, 0.25) is 0 Å². The van der Waals surface area contributed by atoms with Gasteiger partial charge in [0.15, 0.2) is 0 Å². The van der Waals surface area contributed by atoms with Crippen molar-refractivity contribution in [1.82, 2.24) is 4.90 Å². The van der Waals surface area contributed by atoms with Crippen molar-refractivity contribution < 1.29 is 29.2 Å². The van der Waals surface area contributed by atoms with Crippen molar-refractivity contribution >= 4 is 6.09 Å². The number of likely N-dealkylation sites (tertiary alicyclic amines) is 1. The quantitative estimate of drug-likeness (QED) is 0.612. The van der Waals surface area contributed by atoms with E-state index in [9.17, 15) is 9.90 Å². The van der Waals surface area contributed by atoms with Crippen LogP contribution < -0.4 is 9.47 Å². The SMILES string of the molecule is COc1ccccc1CCOCCOc1ccc(C2CCN(C(=O)O)CC2O)cc1. The molecule has 7 heteroatoms. The molecule has 2 N–H and O–H groups in total.